The number of nitrogens with one attached hydrogen (secondary N) is 1. The molecule has 22 heavy (non-hydrogen) atoms. The van der Waals surface area contributed by atoms with E-state index >= 15 is 0 Å². The summed E-state index contributed by atoms with van der Waals surface area (Å²) >= 11 is 0. The standard InChI is InChI=1S/C15H16F3NO3/c16-15(17,18)12-7-2-1-6-11(12)13(20)19-10-5-3-4-9(8-10)14(21)22/h3-5,8,11-12H,1-2,6-7H2,(H,19,20)(H,21,22). The maximum Gasteiger partial charge on any atom is 0.392 e. The van der Waals surface area contributed by atoms with Crippen LogP contribution in [0.15, 0.2) is 24.3 Å². The van der Waals surface area contributed by atoms with Gasteiger partial charge < -0.3 is 10.4 Å². The molecule has 2 unspecified atom stereocenters. The molecular formula is C15H16F3NO3. The molecule has 120 valence electrons. The van der Waals surface area contributed by atoms with Crippen molar-refractivity contribution in [3.63, 3.8) is 0 Å². The molecule has 1 aromatic carbocycles. The molecule has 2 N–H and O–H groups in total. The molecule has 7 heteroatoms. The Morgan fingerprint density at radius 2 is 1.86 bits per heavy atom. The lowest BCUT2D eigenvalue weighted by Crippen LogP contribution is -2.39. The number of carboxylic acid groups (broad SMARTS) is 1. The van der Waals surface area contributed by atoms with Crippen LogP contribution in [0, 0.1) is 11.8 Å². The second kappa shape index (κ2) is 6.37. The van der Waals surface area contributed by atoms with E-state index in [0.717, 1.165) is 0 Å². The van der Waals surface area contributed by atoms with Gasteiger partial charge in [0.15, 0.2) is 0 Å². The Hall–Kier alpha value is -2.05. The number of hydrogen-bond donors (Lipinski definition) is 2. The molecule has 0 aromatic heterocycles. The monoisotopic (exact) mass is 315 g/mol. The van der Waals surface area contributed by atoms with Gasteiger partial charge in [-0.2, -0.15) is 13.2 Å². The molecule has 0 radical (unpaired) electrons. The van der Waals surface area contributed by atoms with E-state index in [1.54, 1.807) is 0 Å². The number of rotatable bonds is 3. The average molecular weight is 315 g/mol. The van der Waals surface area contributed by atoms with Crippen molar-refractivity contribution in [2.75, 3.05) is 5.32 Å². The summed E-state index contributed by atoms with van der Waals surface area (Å²) in [5.41, 5.74) is 0.158. The maximum absolute atomic E-state index is 13.0. The lowest BCUT2D eigenvalue weighted by atomic mass is 9.78. The number of carbonyl (C=O) groups excluding carboxylic acids is 1. The zero-order valence-electron chi connectivity index (χ0n) is 11.7. The van der Waals surface area contributed by atoms with Gasteiger partial charge in [0.25, 0.3) is 0 Å². The lowest BCUT2D eigenvalue weighted by molar-refractivity contribution is -0.197. The summed E-state index contributed by atoms with van der Waals surface area (Å²) in [5.74, 6) is -4.63. The van der Waals surface area contributed by atoms with Crippen molar-refractivity contribution in [2.24, 2.45) is 11.8 Å². The first kappa shape index (κ1) is 16.3. The van der Waals surface area contributed by atoms with E-state index in [1.165, 1.54) is 24.3 Å². The SMILES string of the molecule is O=C(O)c1cccc(NC(=O)C2CCCCC2C(F)(F)F)c1. The molecule has 1 aliphatic rings. The van der Waals surface area contributed by atoms with Gasteiger partial charge in [-0.05, 0) is 31.0 Å². The van der Waals surface area contributed by atoms with Crippen LogP contribution in [0.4, 0.5) is 18.9 Å². The van der Waals surface area contributed by atoms with Crippen LogP contribution < -0.4 is 5.32 Å². The largest absolute Gasteiger partial charge is 0.478 e. The van der Waals surface area contributed by atoms with Crippen LogP contribution in [-0.4, -0.2) is 23.2 Å². The van der Waals surface area contributed by atoms with E-state index in [9.17, 15) is 22.8 Å². The van der Waals surface area contributed by atoms with Gasteiger partial charge in [0.2, 0.25) is 5.91 Å². The lowest BCUT2D eigenvalue weighted by Gasteiger charge is -2.32. The topological polar surface area (TPSA) is 66.4 Å². The van der Waals surface area contributed by atoms with Gasteiger partial charge in [-0.15, -0.1) is 0 Å². The third-order valence-electron chi connectivity index (χ3n) is 3.90. The smallest absolute Gasteiger partial charge is 0.392 e. The third kappa shape index (κ3) is 3.78. The minimum absolute atomic E-state index is 0.0335. The second-order valence-electron chi connectivity index (χ2n) is 5.41. The van der Waals surface area contributed by atoms with Gasteiger partial charge in [0, 0.05) is 11.6 Å². The summed E-state index contributed by atoms with van der Waals surface area (Å²) < 4.78 is 39.0. The van der Waals surface area contributed by atoms with Crippen LogP contribution in [0.2, 0.25) is 0 Å². The summed E-state index contributed by atoms with van der Waals surface area (Å²) in [4.78, 5) is 23.0. The zero-order valence-corrected chi connectivity index (χ0v) is 11.7. The van der Waals surface area contributed by atoms with E-state index in [4.69, 9.17) is 5.11 Å². The zero-order chi connectivity index (χ0) is 16.3. The Bertz CT molecular complexity index is 571. The van der Waals surface area contributed by atoms with Gasteiger partial charge in [0.1, 0.15) is 0 Å². The molecule has 4 nitrogen and oxygen atoms in total. The van der Waals surface area contributed by atoms with Crippen molar-refractivity contribution in [2.45, 2.75) is 31.9 Å². The minimum Gasteiger partial charge on any atom is -0.478 e. The Kier molecular flexibility index (Phi) is 4.73. The molecule has 1 amide bonds. The summed E-state index contributed by atoms with van der Waals surface area (Å²) in [5, 5.41) is 11.3. The van der Waals surface area contributed by atoms with E-state index in [2.05, 4.69) is 5.32 Å². The van der Waals surface area contributed by atoms with Crippen LogP contribution in [0.1, 0.15) is 36.0 Å². The van der Waals surface area contributed by atoms with Crippen LogP contribution >= 0.6 is 0 Å². The molecule has 0 bridgehead atoms. The summed E-state index contributed by atoms with van der Waals surface area (Å²) in [7, 11) is 0. The first-order chi connectivity index (χ1) is 10.3. The number of halogens is 3. The first-order valence-electron chi connectivity index (χ1n) is 7.00. The summed E-state index contributed by atoms with van der Waals surface area (Å²) in [6, 6.07) is 5.46. The molecule has 0 saturated heterocycles. The van der Waals surface area contributed by atoms with E-state index in [-0.39, 0.29) is 24.1 Å². The minimum atomic E-state index is -4.40. The van der Waals surface area contributed by atoms with E-state index in [0.29, 0.717) is 12.8 Å². The Balaban J connectivity index is 2.13. The third-order valence-corrected chi connectivity index (χ3v) is 3.90. The maximum atomic E-state index is 13.0. The number of amides is 1. The van der Waals surface area contributed by atoms with Gasteiger partial charge in [-0.1, -0.05) is 18.9 Å². The Morgan fingerprint density at radius 1 is 1.18 bits per heavy atom. The van der Waals surface area contributed by atoms with Crippen LogP contribution in [-0.2, 0) is 4.79 Å². The highest BCUT2D eigenvalue weighted by Crippen LogP contribution is 2.41. The summed E-state index contributed by atoms with van der Waals surface area (Å²) in [6.45, 7) is 0. The number of aromatic carboxylic acids is 1. The Labute approximate surface area is 125 Å². The average Bonchev–Trinajstić information content (AvgIpc) is 2.46. The van der Waals surface area contributed by atoms with Crippen molar-refractivity contribution in [3.8, 4) is 0 Å². The van der Waals surface area contributed by atoms with Crippen molar-refractivity contribution in [1.29, 1.82) is 0 Å². The molecular weight excluding hydrogens is 299 g/mol. The van der Waals surface area contributed by atoms with Crippen molar-refractivity contribution < 1.29 is 27.9 Å². The van der Waals surface area contributed by atoms with Crippen molar-refractivity contribution >= 4 is 17.6 Å². The number of carboxylic acids is 1. The molecule has 2 rings (SSSR count). The van der Waals surface area contributed by atoms with Gasteiger partial charge in [0.05, 0.1) is 11.5 Å². The van der Waals surface area contributed by atoms with E-state index in [1.807, 2.05) is 0 Å². The molecule has 0 spiro atoms. The number of carbonyl (C=O) groups is 2. The predicted molar refractivity (Wildman–Crippen MR) is 73.5 cm³/mol. The molecule has 1 saturated carbocycles. The molecule has 1 aromatic rings. The van der Waals surface area contributed by atoms with Crippen LogP contribution in [0.5, 0.6) is 0 Å². The van der Waals surface area contributed by atoms with Gasteiger partial charge >= 0.3 is 12.1 Å². The second-order valence-corrected chi connectivity index (χ2v) is 5.41. The molecule has 1 aliphatic carbocycles. The predicted octanol–water partition coefficient (Wildman–Crippen LogP) is 3.69. The molecule has 2 atom stereocenters. The highest BCUT2D eigenvalue weighted by molar-refractivity contribution is 5.95. The summed E-state index contributed by atoms with van der Waals surface area (Å²) in [6.07, 6.45) is -3.21. The quantitative estimate of drug-likeness (QED) is 0.894. The number of benzene rings is 1. The highest BCUT2D eigenvalue weighted by atomic mass is 19.4. The molecule has 0 aliphatic heterocycles. The highest BCUT2D eigenvalue weighted by Gasteiger charge is 2.48. The van der Waals surface area contributed by atoms with Gasteiger partial charge in [-0.25, -0.2) is 4.79 Å². The number of alkyl halides is 3. The number of anilines is 1. The Morgan fingerprint density at radius 3 is 2.50 bits per heavy atom. The van der Waals surface area contributed by atoms with E-state index < -0.39 is 29.9 Å². The van der Waals surface area contributed by atoms with Gasteiger partial charge in [-0.3, -0.25) is 4.79 Å². The molecule has 1 fully saturated rings. The fourth-order valence-corrected chi connectivity index (χ4v) is 2.80. The number of hydrogen-bond acceptors (Lipinski definition) is 2. The fraction of sp³-hybridized carbons (Fsp3) is 0.467. The van der Waals surface area contributed by atoms with Crippen molar-refractivity contribution in [3.05, 3.63) is 29.8 Å². The van der Waals surface area contributed by atoms with Crippen LogP contribution in [0.25, 0.3) is 0 Å². The fourth-order valence-electron chi connectivity index (χ4n) is 2.80. The normalized spacial score (nSPS) is 22.1. The van der Waals surface area contributed by atoms with Crippen molar-refractivity contribution in [1.82, 2.24) is 0 Å². The van der Waals surface area contributed by atoms with Crippen LogP contribution in [0.3, 0.4) is 0 Å². The molecule has 0 heterocycles. The first-order valence-corrected chi connectivity index (χ1v) is 7.00.